The molecule has 7 heteroatoms. The standard InChI is InChI=1S/C19H25ClN2O4/c1-11-12(2)19(24)26-16-10-17(15(20)9-14(11)16)25-13(3)18(23)21-7-6-8-22(4)5/h9-10,13H,6-8H2,1-5H3,(H,21,23). The lowest BCUT2D eigenvalue weighted by atomic mass is 10.1. The number of hydrogen-bond donors (Lipinski definition) is 1. The Morgan fingerprint density at radius 3 is 2.65 bits per heavy atom. The Morgan fingerprint density at radius 2 is 2.00 bits per heavy atom. The number of aryl methyl sites for hydroxylation is 1. The average molecular weight is 381 g/mol. The maximum atomic E-state index is 12.2. The molecular formula is C19H25ClN2O4. The van der Waals surface area contributed by atoms with Crippen molar-refractivity contribution in [3.05, 3.63) is 38.7 Å². The first kappa shape index (κ1) is 20.3. The predicted molar refractivity (Wildman–Crippen MR) is 103 cm³/mol. The highest BCUT2D eigenvalue weighted by molar-refractivity contribution is 6.32. The van der Waals surface area contributed by atoms with Gasteiger partial charge in [-0.1, -0.05) is 11.6 Å². The molecule has 0 saturated heterocycles. The summed E-state index contributed by atoms with van der Waals surface area (Å²) in [6.45, 7) is 6.67. The summed E-state index contributed by atoms with van der Waals surface area (Å²) in [6.07, 6.45) is 0.133. The molecule has 0 bridgehead atoms. The van der Waals surface area contributed by atoms with Crippen molar-refractivity contribution in [3.63, 3.8) is 0 Å². The summed E-state index contributed by atoms with van der Waals surface area (Å²) in [6, 6.07) is 3.25. The van der Waals surface area contributed by atoms with Crippen molar-refractivity contribution in [2.24, 2.45) is 0 Å². The Kier molecular flexibility index (Phi) is 6.67. The molecule has 26 heavy (non-hydrogen) atoms. The number of hydrogen-bond acceptors (Lipinski definition) is 5. The average Bonchev–Trinajstić information content (AvgIpc) is 2.58. The summed E-state index contributed by atoms with van der Waals surface area (Å²) in [5, 5.41) is 3.95. The lowest BCUT2D eigenvalue weighted by Gasteiger charge is -2.17. The summed E-state index contributed by atoms with van der Waals surface area (Å²) in [7, 11) is 3.97. The van der Waals surface area contributed by atoms with Crippen LogP contribution in [-0.4, -0.2) is 44.1 Å². The molecule has 0 aliphatic carbocycles. The molecule has 0 radical (unpaired) electrons. The number of halogens is 1. The van der Waals surface area contributed by atoms with Crippen molar-refractivity contribution < 1.29 is 13.9 Å². The molecule has 6 nitrogen and oxygen atoms in total. The Morgan fingerprint density at radius 1 is 1.31 bits per heavy atom. The van der Waals surface area contributed by atoms with Crippen LogP contribution in [0.25, 0.3) is 11.0 Å². The number of carbonyl (C=O) groups is 1. The summed E-state index contributed by atoms with van der Waals surface area (Å²) >= 11 is 6.30. The Bertz CT molecular complexity index is 861. The third-order valence-corrected chi connectivity index (χ3v) is 4.56. The number of fused-ring (bicyclic) bond motifs is 1. The topological polar surface area (TPSA) is 71.8 Å². The van der Waals surface area contributed by atoms with E-state index in [9.17, 15) is 9.59 Å². The first-order valence-corrected chi connectivity index (χ1v) is 8.91. The van der Waals surface area contributed by atoms with Crippen LogP contribution in [-0.2, 0) is 4.79 Å². The van der Waals surface area contributed by atoms with Crippen molar-refractivity contribution >= 4 is 28.5 Å². The first-order valence-electron chi connectivity index (χ1n) is 8.53. The van der Waals surface area contributed by atoms with Gasteiger partial charge in [-0.3, -0.25) is 4.79 Å². The number of rotatable bonds is 7. The van der Waals surface area contributed by atoms with Gasteiger partial charge in [0.25, 0.3) is 5.91 Å². The maximum absolute atomic E-state index is 12.2. The van der Waals surface area contributed by atoms with Crippen LogP contribution in [0.3, 0.4) is 0 Å². The van der Waals surface area contributed by atoms with Crippen LogP contribution in [0.1, 0.15) is 24.5 Å². The zero-order valence-corrected chi connectivity index (χ0v) is 16.6. The van der Waals surface area contributed by atoms with Gasteiger partial charge in [0.05, 0.1) is 5.02 Å². The van der Waals surface area contributed by atoms with Gasteiger partial charge in [-0.25, -0.2) is 4.79 Å². The van der Waals surface area contributed by atoms with Gasteiger partial charge in [-0.15, -0.1) is 0 Å². The number of nitrogens with zero attached hydrogens (tertiary/aromatic N) is 1. The van der Waals surface area contributed by atoms with Gasteiger partial charge in [0.15, 0.2) is 6.10 Å². The number of ether oxygens (including phenoxy) is 1. The molecule has 0 aliphatic rings. The fourth-order valence-electron chi connectivity index (χ4n) is 2.53. The van der Waals surface area contributed by atoms with Crippen LogP contribution in [0.4, 0.5) is 0 Å². The van der Waals surface area contributed by atoms with E-state index in [4.69, 9.17) is 20.8 Å². The van der Waals surface area contributed by atoms with Crippen LogP contribution < -0.4 is 15.7 Å². The fourth-order valence-corrected chi connectivity index (χ4v) is 2.74. The minimum absolute atomic E-state index is 0.221. The first-order chi connectivity index (χ1) is 12.2. The summed E-state index contributed by atoms with van der Waals surface area (Å²) in [5.41, 5.74) is 1.36. The molecular weight excluding hydrogens is 356 g/mol. The van der Waals surface area contributed by atoms with E-state index in [1.807, 2.05) is 21.0 Å². The Hall–Kier alpha value is -2.05. The predicted octanol–water partition coefficient (Wildman–Crippen LogP) is 2.90. The van der Waals surface area contributed by atoms with Crippen LogP contribution in [0.15, 0.2) is 21.3 Å². The number of carbonyl (C=O) groups excluding carboxylic acids is 1. The highest BCUT2D eigenvalue weighted by Gasteiger charge is 2.18. The Balaban J connectivity index is 2.12. The molecule has 0 spiro atoms. The molecule has 1 heterocycles. The molecule has 1 atom stereocenters. The van der Waals surface area contributed by atoms with Gasteiger partial charge in [0.2, 0.25) is 0 Å². The van der Waals surface area contributed by atoms with E-state index in [0.29, 0.717) is 28.5 Å². The third-order valence-electron chi connectivity index (χ3n) is 4.26. The summed E-state index contributed by atoms with van der Waals surface area (Å²) in [4.78, 5) is 26.1. The van der Waals surface area contributed by atoms with Gasteiger partial charge in [-0.05, 0) is 59.5 Å². The van der Waals surface area contributed by atoms with E-state index in [1.165, 1.54) is 0 Å². The minimum atomic E-state index is -0.720. The van der Waals surface area contributed by atoms with Gasteiger partial charge < -0.3 is 19.4 Å². The fraction of sp³-hybridized carbons (Fsp3) is 0.474. The lowest BCUT2D eigenvalue weighted by Crippen LogP contribution is -2.37. The number of nitrogens with one attached hydrogen (secondary N) is 1. The lowest BCUT2D eigenvalue weighted by molar-refractivity contribution is -0.127. The molecule has 1 N–H and O–H groups in total. The van der Waals surface area contributed by atoms with Gasteiger partial charge >= 0.3 is 5.63 Å². The molecule has 2 aromatic rings. The van der Waals surface area contributed by atoms with Crippen LogP contribution in [0.2, 0.25) is 5.02 Å². The molecule has 1 aromatic heterocycles. The van der Waals surface area contributed by atoms with E-state index in [-0.39, 0.29) is 5.91 Å². The maximum Gasteiger partial charge on any atom is 0.339 e. The van der Waals surface area contributed by atoms with Crippen LogP contribution in [0, 0.1) is 13.8 Å². The van der Waals surface area contributed by atoms with E-state index >= 15 is 0 Å². The van der Waals surface area contributed by atoms with Crippen LogP contribution in [0.5, 0.6) is 5.75 Å². The summed E-state index contributed by atoms with van der Waals surface area (Å²) in [5.74, 6) is 0.0861. The monoisotopic (exact) mass is 380 g/mol. The normalized spacial score (nSPS) is 12.4. The van der Waals surface area contributed by atoms with Gasteiger partial charge in [0.1, 0.15) is 11.3 Å². The van der Waals surface area contributed by atoms with E-state index in [1.54, 1.807) is 26.0 Å². The van der Waals surface area contributed by atoms with Crippen molar-refractivity contribution in [1.82, 2.24) is 10.2 Å². The van der Waals surface area contributed by atoms with Crippen LogP contribution >= 0.6 is 11.6 Å². The van der Waals surface area contributed by atoms with Gasteiger partial charge in [0, 0.05) is 23.6 Å². The quantitative estimate of drug-likeness (QED) is 0.590. The number of benzene rings is 1. The van der Waals surface area contributed by atoms with Crippen molar-refractivity contribution in [3.8, 4) is 5.75 Å². The molecule has 142 valence electrons. The molecule has 2 rings (SSSR count). The minimum Gasteiger partial charge on any atom is -0.479 e. The Labute approximate surface area is 158 Å². The SMILES string of the molecule is Cc1c(C)c2cc(Cl)c(OC(C)C(=O)NCCCN(C)C)cc2oc1=O. The number of amides is 1. The molecule has 1 amide bonds. The molecule has 0 saturated carbocycles. The zero-order valence-electron chi connectivity index (χ0n) is 15.8. The second kappa shape index (κ2) is 8.56. The van der Waals surface area contributed by atoms with E-state index in [2.05, 4.69) is 10.2 Å². The van der Waals surface area contributed by atoms with E-state index in [0.717, 1.165) is 23.9 Å². The smallest absolute Gasteiger partial charge is 0.339 e. The largest absolute Gasteiger partial charge is 0.479 e. The third kappa shape index (κ3) is 4.77. The highest BCUT2D eigenvalue weighted by atomic mass is 35.5. The highest BCUT2D eigenvalue weighted by Crippen LogP contribution is 2.32. The molecule has 0 aliphatic heterocycles. The molecule has 1 unspecified atom stereocenters. The molecule has 0 fully saturated rings. The zero-order chi connectivity index (χ0) is 19.4. The van der Waals surface area contributed by atoms with E-state index < -0.39 is 11.7 Å². The second-order valence-corrected chi connectivity index (χ2v) is 7.03. The van der Waals surface area contributed by atoms with Gasteiger partial charge in [-0.2, -0.15) is 0 Å². The summed E-state index contributed by atoms with van der Waals surface area (Å²) < 4.78 is 11.0. The van der Waals surface area contributed by atoms with Crippen molar-refractivity contribution in [2.75, 3.05) is 27.2 Å². The van der Waals surface area contributed by atoms with Crippen molar-refractivity contribution in [1.29, 1.82) is 0 Å². The molecule has 1 aromatic carbocycles. The second-order valence-electron chi connectivity index (χ2n) is 6.63. The van der Waals surface area contributed by atoms with Crippen molar-refractivity contribution in [2.45, 2.75) is 33.3 Å².